The van der Waals surface area contributed by atoms with Gasteiger partial charge in [-0.3, -0.25) is 9.98 Å². The van der Waals surface area contributed by atoms with E-state index in [0.717, 1.165) is 18.0 Å². The van der Waals surface area contributed by atoms with Gasteiger partial charge in [-0.2, -0.15) is 0 Å². The molecule has 0 saturated heterocycles. The van der Waals surface area contributed by atoms with Gasteiger partial charge in [-0.25, -0.2) is 0 Å². The van der Waals surface area contributed by atoms with E-state index in [9.17, 15) is 0 Å². The van der Waals surface area contributed by atoms with Crippen molar-refractivity contribution in [1.29, 1.82) is 0 Å². The topological polar surface area (TPSA) is 36.8 Å². The lowest BCUT2D eigenvalue weighted by atomic mass is 10.3. The molecule has 3 nitrogen and oxygen atoms in total. The van der Waals surface area contributed by atoms with Gasteiger partial charge < -0.3 is 5.32 Å². The van der Waals surface area contributed by atoms with Crippen LogP contribution in [0.25, 0.3) is 0 Å². The zero-order valence-corrected chi connectivity index (χ0v) is 8.33. The Morgan fingerprint density at radius 1 is 1.31 bits per heavy atom. The Bertz CT molecular complexity index is 210. The van der Waals surface area contributed by atoms with Crippen molar-refractivity contribution in [1.82, 2.24) is 5.32 Å². The molecule has 0 atom stereocenters. The molecule has 3 heteroatoms. The summed E-state index contributed by atoms with van der Waals surface area (Å²) in [5.41, 5.74) is 1.02. The number of hydrogen-bond donors (Lipinski definition) is 1. The summed E-state index contributed by atoms with van der Waals surface area (Å²) >= 11 is 0. The van der Waals surface area contributed by atoms with E-state index >= 15 is 0 Å². The number of aliphatic imine (C=N–C) groups is 2. The lowest BCUT2D eigenvalue weighted by molar-refractivity contribution is 0.747. The highest BCUT2D eigenvalue weighted by atomic mass is 14.8. The number of nitrogens with one attached hydrogen (secondary N) is 1. The molecule has 0 aliphatic heterocycles. The van der Waals surface area contributed by atoms with Gasteiger partial charge >= 0.3 is 0 Å². The maximum atomic E-state index is 3.94. The van der Waals surface area contributed by atoms with E-state index in [2.05, 4.69) is 15.3 Å². The van der Waals surface area contributed by atoms with E-state index < -0.39 is 0 Å². The van der Waals surface area contributed by atoms with E-state index in [1.807, 2.05) is 6.20 Å². The van der Waals surface area contributed by atoms with Crippen molar-refractivity contribution >= 4 is 12.4 Å². The molecule has 0 bridgehead atoms. The highest BCUT2D eigenvalue weighted by Gasteiger charge is 2.19. The van der Waals surface area contributed by atoms with Crippen LogP contribution in [0.15, 0.2) is 21.8 Å². The monoisotopic (exact) mass is 179 g/mol. The number of hydrogen-bond acceptors (Lipinski definition) is 3. The Kier molecular flexibility index (Phi) is 4.23. The zero-order chi connectivity index (χ0) is 9.52. The zero-order valence-electron chi connectivity index (χ0n) is 8.33. The van der Waals surface area contributed by atoms with Crippen molar-refractivity contribution in [3.05, 3.63) is 11.8 Å². The first-order chi connectivity index (χ1) is 6.36. The Labute approximate surface area is 79.7 Å². The van der Waals surface area contributed by atoms with Gasteiger partial charge in [-0.05, 0) is 18.8 Å². The maximum absolute atomic E-state index is 3.94. The van der Waals surface area contributed by atoms with Gasteiger partial charge in [0, 0.05) is 44.8 Å². The minimum absolute atomic E-state index is 0.898. The molecule has 1 fully saturated rings. The summed E-state index contributed by atoms with van der Waals surface area (Å²) in [6, 6.07) is 0. The van der Waals surface area contributed by atoms with Crippen LogP contribution in [0, 0.1) is 5.92 Å². The summed E-state index contributed by atoms with van der Waals surface area (Å²) in [5, 5.41) is 3.27. The summed E-state index contributed by atoms with van der Waals surface area (Å²) < 4.78 is 0. The molecule has 0 amide bonds. The Morgan fingerprint density at radius 3 is 2.38 bits per heavy atom. The van der Waals surface area contributed by atoms with Crippen LogP contribution in [0.3, 0.4) is 0 Å². The average molecular weight is 179 g/mol. The summed E-state index contributed by atoms with van der Waals surface area (Å²) in [4.78, 5) is 7.89. The van der Waals surface area contributed by atoms with Crippen LogP contribution in [-0.2, 0) is 0 Å². The fourth-order valence-electron chi connectivity index (χ4n) is 1.07. The first-order valence-corrected chi connectivity index (χ1v) is 4.64. The quantitative estimate of drug-likeness (QED) is 0.634. The Balaban J connectivity index is 2.31. The van der Waals surface area contributed by atoms with Gasteiger partial charge in [0.1, 0.15) is 0 Å². The SMILES string of the molecule is C\N=C/C(=C\NCC1CC1)/C=N/C. The van der Waals surface area contributed by atoms with E-state index in [1.54, 1.807) is 26.5 Å². The number of nitrogens with zero attached hydrogens (tertiary/aromatic N) is 2. The smallest absolute Gasteiger partial charge is 0.0311 e. The van der Waals surface area contributed by atoms with Crippen LogP contribution in [0.2, 0.25) is 0 Å². The predicted molar refractivity (Wildman–Crippen MR) is 57.6 cm³/mol. The third-order valence-corrected chi connectivity index (χ3v) is 1.93. The van der Waals surface area contributed by atoms with E-state index in [4.69, 9.17) is 0 Å². The van der Waals surface area contributed by atoms with Crippen molar-refractivity contribution < 1.29 is 0 Å². The number of rotatable bonds is 5. The average Bonchev–Trinajstić information content (AvgIpc) is 2.89. The molecular formula is C10H17N3. The van der Waals surface area contributed by atoms with Crippen molar-refractivity contribution in [2.45, 2.75) is 12.8 Å². The van der Waals surface area contributed by atoms with Gasteiger partial charge in [-0.1, -0.05) is 0 Å². The van der Waals surface area contributed by atoms with Crippen LogP contribution in [0.5, 0.6) is 0 Å². The van der Waals surface area contributed by atoms with Gasteiger partial charge in [0.15, 0.2) is 0 Å². The molecule has 0 aromatic carbocycles. The lowest BCUT2D eigenvalue weighted by Gasteiger charge is -1.98. The molecule has 0 aromatic rings. The molecule has 0 spiro atoms. The summed E-state index contributed by atoms with van der Waals surface area (Å²) in [5.74, 6) is 0.898. The Hall–Kier alpha value is -1.12. The molecule has 0 heterocycles. The molecule has 1 aliphatic carbocycles. The van der Waals surface area contributed by atoms with Crippen LogP contribution in [-0.4, -0.2) is 33.1 Å². The largest absolute Gasteiger partial charge is 0.390 e. The molecule has 1 rings (SSSR count). The maximum Gasteiger partial charge on any atom is 0.0311 e. The molecule has 1 saturated carbocycles. The van der Waals surface area contributed by atoms with Gasteiger partial charge in [0.2, 0.25) is 0 Å². The Morgan fingerprint density at radius 2 is 1.92 bits per heavy atom. The van der Waals surface area contributed by atoms with Crippen LogP contribution in [0.4, 0.5) is 0 Å². The lowest BCUT2D eigenvalue weighted by Crippen LogP contribution is -2.10. The molecule has 72 valence electrons. The molecule has 0 aromatic heterocycles. The van der Waals surface area contributed by atoms with Crippen LogP contribution < -0.4 is 5.32 Å². The molecule has 0 unspecified atom stereocenters. The minimum Gasteiger partial charge on any atom is -0.390 e. The summed E-state index contributed by atoms with van der Waals surface area (Å²) in [6.07, 6.45) is 8.32. The van der Waals surface area contributed by atoms with Crippen molar-refractivity contribution in [2.24, 2.45) is 15.9 Å². The predicted octanol–water partition coefficient (Wildman–Crippen LogP) is 1.27. The van der Waals surface area contributed by atoms with Gasteiger partial charge in [0.25, 0.3) is 0 Å². The minimum atomic E-state index is 0.898. The van der Waals surface area contributed by atoms with E-state index in [-0.39, 0.29) is 0 Å². The van der Waals surface area contributed by atoms with Gasteiger partial charge in [-0.15, -0.1) is 0 Å². The fraction of sp³-hybridized carbons (Fsp3) is 0.600. The van der Waals surface area contributed by atoms with Crippen LogP contribution >= 0.6 is 0 Å². The van der Waals surface area contributed by atoms with Crippen molar-refractivity contribution in [2.75, 3.05) is 20.6 Å². The molecule has 1 N–H and O–H groups in total. The van der Waals surface area contributed by atoms with Gasteiger partial charge in [0.05, 0.1) is 0 Å². The number of allylic oxidation sites excluding steroid dienone is 1. The molecular weight excluding hydrogens is 162 g/mol. The second kappa shape index (κ2) is 5.51. The highest BCUT2D eigenvalue weighted by molar-refractivity contribution is 6.03. The van der Waals surface area contributed by atoms with E-state index in [1.165, 1.54) is 12.8 Å². The summed E-state index contributed by atoms with van der Waals surface area (Å²) in [6.45, 7) is 1.08. The fourth-order valence-corrected chi connectivity index (χ4v) is 1.07. The van der Waals surface area contributed by atoms with Crippen molar-refractivity contribution in [3.63, 3.8) is 0 Å². The second-order valence-electron chi connectivity index (χ2n) is 3.27. The standard InChI is InChI=1S/C10H17N3/c1-11-5-10(6-12-2)8-13-7-9-3-4-9/h5-6,8-9,13H,3-4,7H2,1-2H3/b10-8-,11-5+,12-6-. The van der Waals surface area contributed by atoms with Crippen LogP contribution in [0.1, 0.15) is 12.8 Å². The highest BCUT2D eigenvalue weighted by Crippen LogP contribution is 2.27. The van der Waals surface area contributed by atoms with Crippen molar-refractivity contribution in [3.8, 4) is 0 Å². The third-order valence-electron chi connectivity index (χ3n) is 1.93. The first kappa shape index (κ1) is 9.96. The van der Waals surface area contributed by atoms with E-state index in [0.29, 0.717) is 0 Å². The normalized spacial score (nSPS) is 18.8. The summed E-state index contributed by atoms with van der Waals surface area (Å²) in [7, 11) is 3.52. The molecule has 1 aliphatic rings. The second-order valence-corrected chi connectivity index (χ2v) is 3.27. The molecule has 0 radical (unpaired) electrons. The third kappa shape index (κ3) is 4.45. The molecule has 13 heavy (non-hydrogen) atoms. The first-order valence-electron chi connectivity index (χ1n) is 4.64.